The number of nitrogens with two attached hydrogens (primary N) is 1. The van der Waals surface area contributed by atoms with Crippen LogP contribution in [0, 0.1) is 0 Å². The van der Waals surface area contributed by atoms with Crippen molar-refractivity contribution >= 4 is 39.4 Å². The summed E-state index contributed by atoms with van der Waals surface area (Å²) in [6, 6.07) is 1.71. The molecule has 98 valence electrons. The van der Waals surface area contributed by atoms with Crippen LogP contribution in [0.5, 0.6) is 0 Å². The molecule has 1 atom stereocenters. The van der Waals surface area contributed by atoms with E-state index in [2.05, 4.69) is 31.7 Å². The van der Waals surface area contributed by atoms with Gasteiger partial charge in [-0.05, 0) is 40.6 Å². The van der Waals surface area contributed by atoms with E-state index in [0.29, 0.717) is 23.2 Å². The first-order chi connectivity index (χ1) is 8.70. The van der Waals surface area contributed by atoms with Gasteiger partial charge in [-0.1, -0.05) is 0 Å². The van der Waals surface area contributed by atoms with Crippen molar-refractivity contribution < 1.29 is 4.79 Å². The van der Waals surface area contributed by atoms with Crippen LogP contribution in [0.2, 0.25) is 0 Å². The van der Waals surface area contributed by atoms with Crippen LogP contribution < -0.4 is 16.6 Å². The normalized spacial score (nSPS) is 18.7. The number of thioether (sulfide) groups is 1. The van der Waals surface area contributed by atoms with Gasteiger partial charge in [-0.25, -0.2) is 10.8 Å². The van der Waals surface area contributed by atoms with Gasteiger partial charge >= 0.3 is 0 Å². The topological polar surface area (TPSA) is 80.0 Å². The van der Waals surface area contributed by atoms with Gasteiger partial charge in [0.15, 0.2) is 5.82 Å². The van der Waals surface area contributed by atoms with Gasteiger partial charge in [0, 0.05) is 22.5 Å². The second-order valence-corrected chi connectivity index (χ2v) is 6.36. The van der Waals surface area contributed by atoms with E-state index >= 15 is 0 Å². The van der Waals surface area contributed by atoms with Gasteiger partial charge in [-0.2, -0.15) is 11.8 Å². The van der Waals surface area contributed by atoms with Crippen molar-refractivity contribution in [3.8, 4) is 0 Å². The second kappa shape index (κ2) is 6.40. The largest absolute Gasteiger partial charge is 0.351 e. The number of nitrogens with zero attached hydrogens (tertiary/aromatic N) is 1. The summed E-state index contributed by atoms with van der Waals surface area (Å²) in [4.78, 5) is 16.1. The lowest BCUT2D eigenvalue weighted by atomic mass is 10.2. The lowest BCUT2D eigenvalue weighted by Gasteiger charge is -2.12. The molecular weight excluding hydrogens is 316 g/mol. The van der Waals surface area contributed by atoms with Crippen LogP contribution in [-0.4, -0.2) is 28.4 Å². The Morgan fingerprint density at radius 3 is 3.17 bits per heavy atom. The number of carbonyl (C=O) groups excluding carboxylic acids is 1. The number of hydrogen-bond acceptors (Lipinski definition) is 5. The highest BCUT2D eigenvalue weighted by Crippen LogP contribution is 2.25. The number of nitrogen functional groups attached to an aromatic ring is 1. The molecular formula is C11H15BrN4OS. The zero-order valence-corrected chi connectivity index (χ0v) is 12.2. The molecule has 2 heterocycles. The van der Waals surface area contributed by atoms with E-state index in [4.69, 9.17) is 5.84 Å². The van der Waals surface area contributed by atoms with Crippen LogP contribution in [0.15, 0.2) is 16.7 Å². The fourth-order valence-electron chi connectivity index (χ4n) is 1.83. The number of hydrazine groups is 1. The van der Waals surface area contributed by atoms with Crippen LogP contribution in [0.25, 0.3) is 0 Å². The van der Waals surface area contributed by atoms with Crippen molar-refractivity contribution in [2.24, 2.45) is 5.84 Å². The Labute approximate surface area is 118 Å². The third-order valence-corrected chi connectivity index (χ3v) is 4.58. The number of rotatable bonds is 4. The lowest BCUT2D eigenvalue weighted by molar-refractivity contribution is 0.0954. The number of amides is 1. The molecule has 0 radical (unpaired) electrons. The summed E-state index contributed by atoms with van der Waals surface area (Å²) >= 11 is 5.21. The standard InChI is InChI=1S/C11H15BrN4OS/c12-7-4-9(10(16-13)14-5-7)11(17)15-6-8-2-1-3-18-8/h4-5,8H,1-3,6,13H2,(H,14,16)(H,15,17). The maximum Gasteiger partial charge on any atom is 0.255 e. The molecule has 1 fully saturated rings. The first kappa shape index (κ1) is 13.6. The monoisotopic (exact) mass is 330 g/mol. The van der Waals surface area contributed by atoms with Gasteiger partial charge in [-0.3, -0.25) is 4.79 Å². The van der Waals surface area contributed by atoms with E-state index in [9.17, 15) is 4.79 Å². The molecule has 1 aromatic heterocycles. The van der Waals surface area contributed by atoms with Gasteiger partial charge < -0.3 is 10.7 Å². The van der Waals surface area contributed by atoms with Crippen LogP contribution in [-0.2, 0) is 0 Å². The van der Waals surface area contributed by atoms with Gasteiger partial charge in [-0.15, -0.1) is 0 Å². The van der Waals surface area contributed by atoms with Crippen molar-refractivity contribution in [1.82, 2.24) is 10.3 Å². The zero-order chi connectivity index (χ0) is 13.0. The van der Waals surface area contributed by atoms with Crippen molar-refractivity contribution in [2.75, 3.05) is 17.7 Å². The van der Waals surface area contributed by atoms with Crippen molar-refractivity contribution in [3.63, 3.8) is 0 Å². The molecule has 1 aliphatic rings. The fraction of sp³-hybridized carbons (Fsp3) is 0.455. The quantitative estimate of drug-likeness (QED) is 0.579. The summed E-state index contributed by atoms with van der Waals surface area (Å²) in [6.45, 7) is 0.694. The Balaban J connectivity index is 2.00. The molecule has 0 spiro atoms. The molecule has 1 amide bonds. The van der Waals surface area contributed by atoms with Crippen molar-refractivity contribution in [3.05, 3.63) is 22.3 Å². The van der Waals surface area contributed by atoms with E-state index in [-0.39, 0.29) is 5.91 Å². The predicted molar refractivity (Wildman–Crippen MR) is 77.6 cm³/mol. The number of aromatic nitrogens is 1. The molecule has 1 unspecified atom stereocenters. The van der Waals surface area contributed by atoms with Crippen LogP contribution in [0.3, 0.4) is 0 Å². The molecule has 1 saturated heterocycles. The number of hydrogen-bond donors (Lipinski definition) is 3. The van der Waals surface area contributed by atoms with E-state index in [0.717, 1.165) is 4.47 Å². The van der Waals surface area contributed by atoms with E-state index in [1.54, 1.807) is 12.3 Å². The minimum absolute atomic E-state index is 0.149. The predicted octanol–water partition coefficient (Wildman–Crippen LogP) is 1.76. The Hall–Kier alpha value is -0.790. The molecule has 5 nitrogen and oxygen atoms in total. The molecule has 1 aromatic rings. The van der Waals surface area contributed by atoms with E-state index in [1.165, 1.54) is 18.6 Å². The summed E-state index contributed by atoms with van der Waals surface area (Å²) in [6.07, 6.45) is 4.00. The molecule has 4 N–H and O–H groups in total. The molecule has 18 heavy (non-hydrogen) atoms. The van der Waals surface area contributed by atoms with Crippen LogP contribution >= 0.6 is 27.7 Å². The number of halogens is 1. The first-order valence-electron chi connectivity index (χ1n) is 5.72. The molecule has 2 rings (SSSR count). The van der Waals surface area contributed by atoms with Gasteiger partial charge in [0.25, 0.3) is 5.91 Å². The number of nitrogens with one attached hydrogen (secondary N) is 2. The molecule has 0 aromatic carbocycles. The molecule has 0 aliphatic carbocycles. The molecule has 1 aliphatic heterocycles. The summed E-state index contributed by atoms with van der Waals surface area (Å²) in [7, 11) is 0. The van der Waals surface area contributed by atoms with E-state index < -0.39 is 0 Å². The highest BCUT2D eigenvalue weighted by atomic mass is 79.9. The summed E-state index contributed by atoms with van der Waals surface area (Å²) in [5.74, 6) is 6.77. The maximum atomic E-state index is 12.1. The van der Waals surface area contributed by atoms with Crippen LogP contribution in [0.4, 0.5) is 5.82 Å². The summed E-state index contributed by atoms with van der Waals surface area (Å²) < 4.78 is 0.752. The summed E-state index contributed by atoms with van der Waals surface area (Å²) in [5, 5.41) is 3.46. The Morgan fingerprint density at radius 1 is 1.67 bits per heavy atom. The highest BCUT2D eigenvalue weighted by molar-refractivity contribution is 9.10. The lowest BCUT2D eigenvalue weighted by Crippen LogP contribution is -2.31. The fourth-order valence-corrected chi connectivity index (χ4v) is 3.37. The van der Waals surface area contributed by atoms with Gasteiger partial charge in [0.2, 0.25) is 0 Å². The van der Waals surface area contributed by atoms with Gasteiger partial charge in [0.05, 0.1) is 5.56 Å². The SMILES string of the molecule is NNc1ncc(Br)cc1C(=O)NCC1CCCS1. The van der Waals surface area contributed by atoms with Crippen LogP contribution in [0.1, 0.15) is 23.2 Å². The molecule has 0 saturated carbocycles. The Morgan fingerprint density at radius 2 is 2.50 bits per heavy atom. The third kappa shape index (κ3) is 3.37. The molecule has 7 heteroatoms. The van der Waals surface area contributed by atoms with Crippen molar-refractivity contribution in [1.29, 1.82) is 0 Å². The average molecular weight is 331 g/mol. The minimum atomic E-state index is -0.149. The summed E-state index contributed by atoms with van der Waals surface area (Å²) in [5.41, 5.74) is 2.89. The Kier molecular flexibility index (Phi) is 4.85. The van der Waals surface area contributed by atoms with Crippen molar-refractivity contribution in [2.45, 2.75) is 18.1 Å². The second-order valence-electron chi connectivity index (χ2n) is 4.04. The number of pyridine rings is 1. The molecule has 0 bridgehead atoms. The number of anilines is 1. The van der Waals surface area contributed by atoms with Gasteiger partial charge in [0.1, 0.15) is 0 Å². The first-order valence-corrected chi connectivity index (χ1v) is 7.57. The third-order valence-electron chi connectivity index (χ3n) is 2.75. The maximum absolute atomic E-state index is 12.1. The Bertz CT molecular complexity index is 437. The number of carbonyl (C=O) groups is 1. The smallest absolute Gasteiger partial charge is 0.255 e. The minimum Gasteiger partial charge on any atom is -0.351 e. The van der Waals surface area contributed by atoms with E-state index in [1.807, 2.05) is 11.8 Å². The highest BCUT2D eigenvalue weighted by Gasteiger charge is 2.18. The average Bonchev–Trinajstić information content (AvgIpc) is 2.89. The zero-order valence-electron chi connectivity index (χ0n) is 9.78.